The van der Waals surface area contributed by atoms with E-state index in [0.29, 0.717) is 23.1 Å². The molecule has 2 atom stereocenters. The molecule has 1 amide bonds. The molecule has 156 valence electrons. The largest absolute Gasteiger partial charge is 0.416 e. The number of nitrogens with zero attached hydrogens (tertiary/aromatic N) is 5. The minimum Gasteiger partial charge on any atom is -0.311 e. The number of amides is 1. The van der Waals surface area contributed by atoms with Crippen LogP contribution in [-0.2, 0) is 12.7 Å². The van der Waals surface area contributed by atoms with E-state index in [-0.39, 0.29) is 11.4 Å². The van der Waals surface area contributed by atoms with Gasteiger partial charge in [0.25, 0.3) is 5.91 Å². The van der Waals surface area contributed by atoms with Crippen LogP contribution in [0.25, 0.3) is 11.5 Å². The highest BCUT2D eigenvalue weighted by molar-refractivity contribution is 6.30. The van der Waals surface area contributed by atoms with E-state index >= 15 is 0 Å². The molecule has 0 spiro atoms. The molecule has 0 saturated heterocycles. The summed E-state index contributed by atoms with van der Waals surface area (Å²) >= 11 is 12.3. The van der Waals surface area contributed by atoms with Gasteiger partial charge in [0.2, 0.25) is 5.82 Å². The number of rotatable bonds is 3. The third-order valence-electron chi connectivity index (χ3n) is 4.79. The number of pyridine rings is 1. The van der Waals surface area contributed by atoms with E-state index < -0.39 is 29.2 Å². The highest BCUT2D eigenvalue weighted by atomic mass is 35.5. The molecule has 4 rings (SSSR count). The highest BCUT2D eigenvalue weighted by Crippen LogP contribution is 2.36. The Morgan fingerprint density at radius 3 is 2.57 bits per heavy atom. The lowest BCUT2D eigenvalue weighted by molar-refractivity contribution is -0.137. The summed E-state index contributed by atoms with van der Waals surface area (Å²) in [5, 5.41) is 8.49. The lowest BCUT2D eigenvalue weighted by atomic mass is 10.1. The van der Waals surface area contributed by atoms with Gasteiger partial charge in [-0.25, -0.2) is 0 Å². The van der Waals surface area contributed by atoms with Gasteiger partial charge >= 0.3 is 6.18 Å². The number of hydrogen-bond donors (Lipinski definition) is 0. The maximum atomic E-state index is 13.1. The average Bonchev–Trinajstić information content (AvgIpc) is 3.12. The number of benzene rings is 1. The van der Waals surface area contributed by atoms with E-state index in [1.807, 2.05) is 0 Å². The van der Waals surface area contributed by atoms with E-state index in [2.05, 4.69) is 15.2 Å². The van der Waals surface area contributed by atoms with Crippen molar-refractivity contribution in [3.63, 3.8) is 0 Å². The van der Waals surface area contributed by atoms with E-state index in [9.17, 15) is 18.0 Å². The van der Waals surface area contributed by atoms with Gasteiger partial charge in [-0.1, -0.05) is 35.3 Å². The second kappa shape index (κ2) is 7.55. The molecule has 11 heteroatoms. The minimum atomic E-state index is -4.51. The summed E-state index contributed by atoms with van der Waals surface area (Å²) in [6.45, 7) is 2.05. The quantitative estimate of drug-likeness (QED) is 0.420. The van der Waals surface area contributed by atoms with Crippen molar-refractivity contribution in [2.45, 2.75) is 31.2 Å². The van der Waals surface area contributed by atoms with Gasteiger partial charge in [0.1, 0.15) is 11.2 Å². The molecule has 0 saturated carbocycles. The molecule has 0 N–H and O–H groups in total. The summed E-state index contributed by atoms with van der Waals surface area (Å²) in [6, 6.07) is 7.50. The molecule has 3 aromatic rings. The maximum Gasteiger partial charge on any atom is 0.416 e. The number of carbonyl (C=O) groups is 1. The van der Waals surface area contributed by atoms with Gasteiger partial charge in [-0.2, -0.15) is 13.2 Å². The van der Waals surface area contributed by atoms with Crippen molar-refractivity contribution in [1.29, 1.82) is 0 Å². The molecule has 0 bridgehead atoms. The normalized spacial score (nSPS) is 17.7. The molecular formula is C19H14Cl2F3N5O. The number of carbonyl (C=O) groups excluding carboxylic acids is 1. The first kappa shape index (κ1) is 20.6. The van der Waals surface area contributed by atoms with Crippen LogP contribution in [0.5, 0.6) is 0 Å². The molecule has 1 aromatic carbocycles. The van der Waals surface area contributed by atoms with Gasteiger partial charge in [0.15, 0.2) is 5.82 Å². The van der Waals surface area contributed by atoms with Gasteiger partial charge in [-0.15, -0.1) is 10.2 Å². The van der Waals surface area contributed by atoms with Crippen LogP contribution in [0.4, 0.5) is 13.2 Å². The summed E-state index contributed by atoms with van der Waals surface area (Å²) in [4.78, 5) is 18.6. The maximum absolute atomic E-state index is 13.1. The molecule has 0 fully saturated rings. The highest BCUT2D eigenvalue weighted by Gasteiger charge is 2.39. The first-order valence-corrected chi connectivity index (χ1v) is 9.67. The SMILES string of the molecule is C[C@H]1Cn2c(nnc2-c2ccc(Cl)cn2)C(=O)N1C(Cl)c1cccc(C(F)(F)F)c1. The van der Waals surface area contributed by atoms with Crippen molar-refractivity contribution >= 4 is 29.1 Å². The van der Waals surface area contributed by atoms with E-state index in [1.165, 1.54) is 23.2 Å². The zero-order chi connectivity index (χ0) is 21.6. The number of alkyl halides is 4. The molecule has 0 aliphatic carbocycles. The Hall–Kier alpha value is -2.65. The third kappa shape index (κ3) is 3.63. The smallest absolute Gasteiger partial charge is 0.311 e. The van der Waals surface area contributed by atoms with Crippen LogP contribution in [0, 0.1) is 0 Å². The van der Waals surface area contributed by atoms with Crippen LogP contribution in [0.15, 0.2) is 42.6 Å². The summed E-state index contributed by atoms with van der Waals surface area (Å²) in [5.41, 5.74) is -1.27. The molecule has 6 nitrogen and oxygen atoms in total. The Kier molecular flexibility index (Phi) is 5.19. The standard InChI is InChI=1S/C19H14Cl2F3N5O/c1-10-9-28-16(14-6-5-13(20)8-25-14)26-27-17(28)18(30)29(10)15(21)11-3-2-4-12(7-11)19(22,23)24/h2-8,10,15H,9H2,1H3/t10-,15?/m0/s1. The first-order chi connectivity index (χ1) is 14.2. The zero-order valence-corrected chi connectivity index (χ0v) is 16.9. The average molecular weight is 456 g/mol. The lowest BCUT2D eigenvalue weighted by Crippen LogP contribution is -2.47. The Bertz CT molecular complexity index is 1100. The number of halogens is 5. The first-order valence-electron chi connectivity index (χ1n) is 8.86. The van der Waals surface area contributed by atoms with Gasteiger partial charge in [0.05, 0.1) is 10.6 Å². The Balaban J connectivity index is 1.67. The van der Waals surface area contributed by atoms with Crippen LogP contribution in [0.1, 0.15) is 34.2 Å². The second-order valence-electron chi connectivity index (χ2n) is 6.84. The van der Waals surface area contributed by atoms with E-state index in [0.717, 1.165) is 12.1 Å². The molecule has 0 radical (unpaired) electrons. The van der Waals surface area contributed by atoms with Crippen molar-refractivity contribution < 1.29 is 18.0 Å². The summed E-state index contributed by atoms with van der Waals surface area (Å²) in [5.74, 6) is -0.0944. The van der Waals surface area contributed by atoms with Crippen molar-refractivity contribution in [3.05, 3.63) is 64.6 Å². The van der Waals surface area contributed by atoms with Crippen LogP contribution in [0.3, 0.4) is 0 Å². The van der Waals surface area contributed by atoms with Crippen LogP contribution >= 0.6 is 23.2 Å². The predicted octanol–water partition coefficient (Wildman–Crippen LogP) is 4.79. The van der Waals surface area contributed by atoms with E-state index in [4.69, 9.17) is 23.2 Å². The lowest BCUT2D eigenvalue weighted by Gasteiger charge is -2.37. The van der Waals surface area contributed by atoms with Crippen LogP contribution < -0.4 is 0 Å². The fourth-order valence-electron chi connectivity index (χ4n) is 3.35. The van der Waals surface area contributed by atoms with Crippen molar-refractivity contribution in [2.24, 2.45) is 0 Å². The molecule has 1 unspecified atom stereocenters. The molecular weight excluding hydrogens is 442 g/mol. The summed E-state index contributed by atoms with van der Waals surface area (Å²) < 4.78 is 40.8. The number of hydrogen-bond acceptors (Lipinski definition) is 4. The van der Waals surface area contributed by atoms with Gasteiger partial charge in [-0.3, -0.25) is 14.3 Å². The Labute approximate surface area is 179 Å². The minimum absolute atomic E-state index is 0.0393. The number of fused-ring (bicyclic) bond motifs is 1. The van der Waals surface area contributed by atoms with Crippen molar-refractivity contribution in [3.8, 4) is 11.5 Å². The van der Waals surface area contributed by atoms with Crippen LogP contribution in [-0.4, -0.2) is 36.6 Å². The van der Waals surface area contributed by atoms with Gasteiger partial charge in [-0.05, 0) is 36.8 Å². The molecule has 1 aliphatic rings. The summed E-state index contributed by atoms with van der Waals surface area (Å²) in [7, 11) is 0. The Morgan fingerprint density at radius 1 is 1.17 bits per heavy atom. The second-order valence-corrected chi connectivity index (χ2v) is 7.69. The molecule has 3 heterocycles. The predicted molar refractivity (Wildman–Crippen MR) is 104 cm³/mol. The fourth-order valence-corrected chi connectivity index (χ4v) is 3.88. The molecule has 30 heavy (non-hydrogen) atoms. The number of aromatic nitrogens is 4. The zero-order valence-electron chi connectivity index (χ0n) is 15.4. The molecule has 2 aromatic heterocycles. The van der Waals surface area contributed by atoms with Crippen molar-refractivity contribution in [2.75, 3.05) is 0 Å². The fraction of sp³-hybridized carbons (Fsp3) is 0.263. The van der Waals surface area contributed by atoms with Gasteiger partial charge in [0, 0.05) is 18.8 Å². The van der Waals surface area contributed by atoms with Crippen LogP contribution in [0.2, 0.25) is 5.02 Å². The Morgan fingerprint density at radius 2 is 1.90 bits per heavy atom. The monoisotopic (exact) mass is 455 g/mol. The third-order valence-corrected chi connectivity index (χ3v) is 5.47. The van der Waals surface area contributed by atoms with Crippen molar-refractivity contribution in [1.82, 2.24) is 24.6 Å². The van der Waals surface area contributed by atoms with Gasteiger partial charge < -0.3 is 4.90 Å². The topological polar surface area (TPSA) is 63.9 Å². The molecule has 1 aliphatic heterocycles. The van der Waals surface area contributed by atoms with E-state index in [1.54, 1.807) is 23.6 Å². The summed E-state index contributed by atoms with van der Waals surface area (Å²) in [6.07, 6.45) is -3.05.